The highest BCUT2D eigenvalue weighted by Gasteiger charge is 2.43. The van der Waals surface area contributed by atoms with Gasteiger partial charge in [-0.3, -0.25) is 9.48 Å². The summed E-state index contributed by atoms with van der Waals surface area (Å²) >= 11 is 9.89. The fourth-order valence-corrected chi connectivity index (χ4v) is 3.08. The minimum atomic E-state index is -4.72. The highest BCUT2D eigenvalue weighted by molar-refractivity contribution is 7.80. The molecule has 1 fully saturated rings. The van der Waals surface area contributed by atoms with Gasteiger partial charge in [-0.05, 0) is 26.7 Å². The molecule has 0 aromatic carbocycles. The number of esters is 1. The van der Waals surface area contributed by atoms with Gasteiger partial charge in [-0.1, -0.05) is 11.6 Å². The minimum absolute atomic E-state index is 0.0135. The van der Waals surface area contributed by atoms with Crippen LogP contribution in [0.15, 0.2) is 0 Å². The van der Waals surface area contributed by atoms with Crippen LogP contribution in [-0.4, -0.2) is 40.1 Å². The van der Waals surface area contributed by atoms with E-state index in [0.717, 1.165) is 4.68 Å². The van der Waals surface area contributed by atoms with Crippen LogP contribution in [0.5, 0.6) is 0 Å². The van der Waals surface area contributed by atoms with Crippen molar-refractivity contribution in [1.29, 1.82) is 0 Å². The van der Waals surface area contributed by atoms with Crippen LogP contribution >= 0.6 is 24.2 Å². The van der Waals surface area contributed by atoms with Crippen LogP contribution in [0.4, 0.5) is 13.2 Å². The van der Waals surface area contributed by atoms with E-state index in [2.05, 4.69) is 23.0 Å². The molecule has 146 valence electrons. The number of hydrogen-bond donors (Lipinski definition) is 2. The van der Waals surface area contributed by atoms with Crippen LogP contribution in [0.3, 0.4) is 0 Å². The summed E-state index contributed by atoms with van der Waals surface area (Å²) in [6.45, 7) is 3.14. The van der Waals surface area contributed by atoms with E-state index in [-0.39, 0.29) is 24.0 Å². The number of hydrogen-bond acceptors (Lipinski definition) is 5. The Balaban J connectivity index is 2.27. The summed E-state index contributed by atoms with van der Waals surface area (Å²) in [7, 11) is 0. The van der Waals surface area contributed by atoms with E-state index in [1.165, 1.54) is 6.92 Å². The molecule has 0 radical (unpaired) electrons. The topological polar surface area (TPSA) is 73.2 Å². The fraction of sp³-hybridized carbons (Fsp3) is 0.667. The van der Waals surface area contributed by atoms with Gasteiger partial charge in [-0.2, -0.15) is 30.9 Å². The van der Waals surface area contributed by atoms with Gasteiger partial charge in [0.05, 0.1) is 17.3 Å². The number of thiol groups is 1. The molecule has 1 N–H and O–H groups in total. The quantitative estimate of drug-likeness (QED) is 0.532. The fourth-order valence-electron chi connectivity index (χ4n) is 2.45. The van der Waals surface area contributed by atoms with Crippen LogP contribution in [0, 0.1) is 0 Å². The molecule has 1 amide bonds. The number of halogens is 4. The number of ether oxygens (including phenoxy) is 1. The van der Waals surface area contributed by atoms with E-state index in [4.69, 9.17) is 16.3 Å². The summed E-state index contributed by atoms with van der Waals surface area (Å²) in [5.41, 5.74) is -1.02. The predicted molar refractivity (Wildman–Crippen MR) is 91.3 cm³/mol. The SMILES string of the molecule is CCOC(=O)[C@H](CS)NC(=O)C(C)n1nc(C(F)(F)F)c(Cl)c1C1CC1. The van der Waals surface area contributed by atoms with Crippen molar-refractivity contribution in [1.82, 2.24) is 15.1 Å². The molecule has 2 atom stereocenters. The van der Waals surface area contributed by atoms with Crippen molar-refractivity contribution >= 4 is 36.1 Å². The van der Waals surface area contributed by atoms with E-state index in [9.17, 15) is 22.8 Å². The maximum absolute atomic E-state index is 13.1. The molecule has 1 unspecified atom stereocenters. The molecule has 0 bridgehead atoms. The number of rotatable bonds is 7. The van der Waals surface area contributed by atoms with Crippen molar-refractivity contribution in [2.24, 2.45) is 0 Å². The minimum Gasteiger partial charge on any atom is -0.464 e. The number of amides is 1. The molecule has 1 heterocycles. The Bertz CT molecular complexity index is 692. The van der Waals surface area contributed by atoms with Crippen LogP contribution in [-0.2, 0) is 20.5 Å². The Hall–Kier alpha value is -1.42. The zero-order valence-electron chi connectivity index (χ0n) is 14.1. The lowest BCUT2D eigenvalue weighted by atomic mass is 10.2. The van der Waals surface area contributed by atoms with E-state index >= 15 is 0 Å². The molecular formula is C15H19ClF3N3O3S. The van der Waals surface area contributed by atoms with Crippen molar-refractivity contribution in [3.05, 3.63) is 16.4 Å². The number of nitrogens with zero attached hydrogens (tertiary/aromatic N) is 2. The van der Waals surface area contributed by atoms with Crippen LogP contribution in [0.25, 0.3) is 0 Å². The van der Waals surface area contributed by atoms with Crippen molar-refractivity contribution in [3.8, 4) is 0 Å². The summed E-state index contributed by atoms with van der Waals surface area (Å²) in [6.07, 6.45) is -3.36. The van der Waals surface area contributed by atoms with E-state index in [1.54, 1.807) is 6.92 Å². The Morgan fingerprint density at radius 3 is 2.54 bits per heavy atom. The van der Waals surface area contributed by atoms with Gasteiger partial charge >= 0.3 is 12.1 Å². The van der Waals surface area contributed by atoms with Crippen molar-refractivity contribution < 1.29 is 27.5 Å². The Morgan fingerprint density at radius 1 is 1.46 bits per heavy atom. The average molecular weight is 414 g/mol. The molecule has 1 aliphatic rings. The van der Waals surface area contributed by atoms with E-state index in [1.807, 2.05) is 0 Å². The van der Waals surface area contributed by atoms with Crippen molar-refractivity contribution in [2.75, 3.05) is 12.4 Å². The van der Waals surface area contributed by atoms with Gasteiger partial charge in [0.2, 0.25) is 5.91 Å². The molecule has 1 aliphatic carbocycles. The third-order valence-corrected chi connectivity index (χ3v) is 4.67. The van der Waals surface area contributed by atoms with Gasteiger partial charge in [-0.25, -0.2) is 4.79 Å². The first-order valence-corrected chi connectivity index (χ1v) is 9.05. The Labute approximate surface area is 158 Å². The van der Waals surface area contributed by atoms with E-state index in [0.29, 0.717) is 12.8 Å². The summed E-state index contributed by atoms with van der Waals surface area (Å²) in [5, 5.41) is 5.49. The maximum Gasteiger partial charge on any atom is 0.436 e. The lowest BCUT2D eigenvalue weighted by molar-refractivity contribution is -0.147. The van der Waals surface area contributed by atoms with Crippen LogP contribution < -0.4 is 5.32 Å². The van der Waals surface area contributed by atoms with Crippen molar-refractivity contribution in [2.45, 2.75) is 50.9 Å². The second kappa shape index (κ2) is 8.08. The highest BCUT2D eigenvalue weighted by Crippen LogP contribution is 2.47. The molecule has 1 aromatic heterocycles. The molecule has 0 aliphatic heterocycles. The number of aromatic nitrogens is 2. The number of carbonyl (C=O) groups is 2. The maximum atomic E-state index is 13.1. The molecule has 1 saturated carbocycles. The molecule has 2 rings (SSSR count). The Kier molecular flexibility index (Phi) is 6.49. The zero-order chi connectivity index (χ0) is 19.6. The largest absolute Gasteiger partial charge is 0.464 e. The molecule has 11 heteroatoms. The molecule has 0 saturated heterocycles. The first-order valence-electron chi connectivity index (χ1n) is 8.04. The van der Waals surface area contributed by atoms with Gasteiger partial charge in [0.25, 0.3) is 0 Å². The third kappa shape index (κ3) is 4.46. The second-order valence-electron chi connectivity index (χ2n) is 5.94. The summed E-state index contributed by atoms with van der Waals surface area (Å²) in [5.74, 6) is -1.51. The summed E-state index contributed by atoms with van der Waals surface area (Å²) in [6, 6.07) is -2.10. The molecular weight excluding hydrogens is 395 g/mol. The van der Waals surface area contributed by atoms with Gasteiger partial charge in [-0.15, -0.1) is 0 Å². The van der Waals surface area contributed by atoms with E-state index < -0.39 is 40.9 Å². The molecule has 6 nitrogen and oxygen atoms in total. The van der Waals surface area contributed by atoms with Crippen LogP contribution in [0.1, 0.15) is 50.0 Å². The second-order valence-corrected chi connectivity index (χ2v) is 6.68. The smallest absolute Gasteiger partial charge is 0.436 e. The number of carbonyl (C=O) groups excluding carboxylic acids is 2. The van der Waals surface area contributed by atoms with Crippen LogP contribution in [0.2, 0.25) is 5.02 Å². The van der Waals surface area contributed by atoms with Gasteiger partial charge < -0.3 is 10.1 Å². The lowest BCUT2D eigenvalue weighted by Gasteiger charge is -2.20. The van der Waals surface area contributed by atoms with Crippen molar-refractivity contribution in [3.63, 3.8) is 0 Å². The van der Waals surface area contributed by atoms with Gasteiger partial charge in [0.15, 0.2) is 5.69 Å². The highest BCUT2D eigenvalue weighted by atomic mass is 35.5. The standard InChI is InChI=1S/C15H19ClF3N3O3S/c1-3-25-14(24)9(6-26)20-13(23)7(2)22-11(8-4-5-8)10(16)12(21-22)15(17,18)19/h7-9,26H,3-6H2,1-2H3,(H,20,23)/t7?,9-/m0/s1. The zero-order valence-corrected chi connectivity index (χ0v) is 15.8. The first kappa shape index (κ1) is 20.9. The molecule has 1 aromatic rings. The van der Waals surface area contributed by atoms with Gasteiger partial charge in [0.1, 0.15) is 12.1 Å². The first-order chi connectivity index (χ1) is 12.1. The Morgan fingerprint density at radius 2 is 2.08 bits per heavy atom. The average Bonchev–Trinajstić information content (AvgIpc) is 3.33. The normalized spacial score (nSPS) is 16.9. The van der Waals surface area contributed by atoms with Gasteiger partial charge in [0, 0.05) is 11.7 Å². The molecule has 26 heavy (non-hydrogen) atoms. The predicted octanol–water partition coefficient (Wildman–Crippen LogP) is 2.97. The molecule has 0 spiro atoms. The lowest BCUT2D eigenvalue weighted by Crippen LogP contribution is -2.46. The number of nitrogens with one attached hydrogen (secondary N) is 1. The summed E-state index contributed by atoms with van der Waals surface area (Å²) in [4.78, 5) is 24.2. The third-order valence-electron chi connectivity index (χ3n) is 3.94. The summed E-state index contributed by atoms with van der Waals surface area (Å²) < 4.78 is 45.2. The number of alkyl halides is 3. The monoisotopic (exact) mass is 413 g/mol.